The average molecular weight is 295 g/mol. The van der Waals surface area contributed by atoms with Crippen molar-refractivity contribution in [2.75, 3.05) is 0 Å². The molecule has 0 aliphatic rings. The molecule has 0 N–H and O–H groups in total. The van der Waals surface area contributed by atoms with Gasteiger partial charge in [0.05, 0.1) is 5.39 Å². The number of aryl methyl sites for hydroxylation is 1. The predicted octanol–water partition coefficient (Wildman–Crippen LogP) is 4.52. The maximum atomic E-state index is 5.00. The van der Waals surface area contributed by atoms with Crippen LogP contribution in [0.2, 0.25) is 0 Å². The normalized spacial score (nSPS) is 11.7. The summed E-state index contributed by atoms with van der Waals surface area (Å²) in [5.41, 5.74) is 4.45. The Balaban J connectivity index is 2.22. The molecule has 108 valence electrons. The van der Waals surface area contributed by atoms with Crippen LogP contribution in [0.4, 0.5) is 0 Å². The molecule has 5 aromatic rings. The summed E-state index contributed by atoms with van der Waals surface area (Å²) in [7, 11) is 2.13. The van der Waals surface area contributed by atoms with E-state index in [0.29, 0.717) is 0 Å². The van der Waals surface area contributed by atoms with Gasteiger partial charge in [0.1, 0.15) is 18.1 Å². The molecule has 2 nitrogen and oxygen atoms in total. The van der Waals surface area contributed by atoms with Crippen LogP contribution in [0.15, 0.2) is 72.8 Å². The number of aromatic nitrogens is 2. The van der Waals surface area contributed by atoms with Crippen molar-refractivity contribution in [3.05, 3.63) is 72.8 Å². The molecule has 1 heterocycles. The molecule has 0 fully saturated rings. The molecule has 0 aliphatic carbocycles. The van der Waals surface area contributed by atoms with Crippen molar-refractivity contribution in [1.29, 1.82) is 0 Å². The zero-order chi connectivity index (χ0) is 15.4. The maximum Gasteiger partial charge on any atom is 0.240 e. The molecule has 2 heteroatoms. The summed E-state index contributed by atoms with van der Waals surface area (Å²) in [5.74, 6) is 0. The Morgan fingerprint density at radius 2 is 1.22 bits per heavy atom. The van der Waals surface area contributed by atoms with Gasteiger partial charge in [-0.25, -0.2) is 4.98 Å². The number of hydrogen-bond acceptors (Lipinski definition) is 1. The number of para-hydroxylation sites is 2. The van der Waals surface area contributed by atoms with Crippen molar-refractivity contribution in [2.24, 2.45) is 7.05 Å². The molecule has 0 unspecified atom stereocenters. The first-order valence-corrected chi connectivity index (χ1v) is 7.82. The molecule has 1 aromatic heterocycles. The molecule has 23 heavy (non-hydrogen) atoms. The lowest BCUT2D eigenvalue weighted by Crippen LogP contribution is -2.31. The van der Waals surface area contributed by atoms with Gasteiger partial charge in [-0.1, -0.05) is 54.6 Å². The summed E-state index contributed by atoms with van der Waals surface area (Å²) in [6.45, 7) is 0. The van der Waals surface area contributed by atoms with Crippen LogP contribution in [0.5, 0.6) is 0 Å². The molecule has 0 aliphatic heterocycles. The van der Waals surface area contributed by atoms with Crippen molar-refractivity contribution in [1.82, 2.24) is 4.98 Å². The van der Waals surface area contributed by atoms with Gasteiger partial charge in [-0.3, -0.25) is 0 Å². The molecule has 0 saturated heterocycles. The first-order valence-electron chi connectivity index (χ1n) is 7.82. The third-order valence-corrected chi connectivity index (χ3v) is 4.69. The minimum absolute atomic E-state index is 1.03. The molecule has 0 bridgehead atoms. The van der Waals surface area contributed by atoms with E-state index >= 15 is 0 Å². The summed E-state index contributed by atoms with van der Waals surface area (Å²) in [6, 6.07) is 25.5. The monoisotopic (exact) mass is 295 g/mol. The number of fused-ring (bicyclic) bond motifs is 7. The van der Waals surface area contributed by atoms with Crippen molar-refractivity contribution in [2.45, 2.75) is 0 Å². The summed E-state index contributed by atoms with van der Waals surface area (Å²) >= 11 is 0. The summed E-state index contributed by atoms with van der Waals surface area (Å²) in [4.78, 5) is 5.00. The van der Waals surface area contributed by atoms with Crippen LogP contribution in [0, 0.1) is 0 Å². The van der Waals surface area contributed by atoms with Gasteiger partial charge in [0.25, 0.3) is 0 Å². The molecule has 5 rings (SSSR count). The highest BCUT2D eigenvalue weighted by Gasteiger charge is 2.19. The van der Waals surface area contributed by atoms with Gasteiger partial charge in [-0.05, 0) is 22.9 Å². The third kappa shape index (κ3) is 1.63. The molecule has 0 atom stereocenters. The van der Waals surface area contributed by atoms with Crippen molar-refractivity contribution in [3.63, 3.8) is 0 Å². The first-order chi connectivity index (χ1) is 11.3. The van der Waals surface area contributed by atoms with E-state index in [1.54, 1.807) is 0 Å². The highest BCUT2D eigenvalue weighted by Crippen LogP contribution is 2.32. The molecule has 0 spiro atoms. The second-order valence-electron chi connectivity index (χ2n) is 5.95. The van der Waals surface area contributed by atoms with Crippen LogP contribution in [0.3, 0.4) is 0 Å². The second kappa shape index (κ2) is 4.50. The van der Waals surface area contributed by atoms with Gasteiger partial charge in [0.15, 0.2) is 0 Å². The van der Waals surface area contributed by atoms with Crippen LogP contribution in [0.1, 0.15) is 0 Å². The fourth-order valence-corrected chi connectivity index (χ4v) is 3.64. The Bertz CT molecular complexity index is 1220. The van der Waals surface area contributed by atoms with Crippen molar-refractivity contribution >= 4 is 43.6 Å². The second-order valence-corrected chi connectivity index (χ2v) is 5.95. The van der Waals surface area contributed by atoms with Gasteiger partial charge in [0.2, 0.25) is 11.0 Å². The quantitative estimate of drug-likeness (QED) is 0.233. The maximum absolute atomic E-state index is 5.00. The Kier molecular flexibility index (Phi) is 2.45. The minimum Gasteiger partial charge on any atom is -0.234 e. The van der Waals surface area contributed by atoms with Crippen LogP contribution in [-0.2, 0) is 7.05 Å². The third-order valence-electron chi connectivity index (χ3n) is 4.69. The molecule has 0 saturated carbocycles. The number of hydrogen-bond donors (Lipinski definition) is 0. The van der Waals surface area contributed by atoms with Gasteiger partial charge in [-0.15, -0.1) is 0 Å². The highest BCUT2D eigenvalue weighted by atomic mass is 15.0. The number of benzene rings is 4. The molecular formula is C21H15N2+. The van der Waals surface area contributed by atoms with Crippen LogP contribution >= 0.6 is 0 Å². The van der Waals surface area contributed by atoms with E-state index in [-0.39, 0.29) is 0 Å². The SMILES string of the molecule is C[n+]1c2ccccc2nc2c3ccccc3c3ccccc3c21. The summed E-state index contributed by atoms with van der Waals surface area (Å²) < 4.78 is 2.27. The number of nitrogens with zero attached hydrogens (tertiary/aromatic N) is 2. The van der Waals surface area contributed by atoms with E-state index in [1.165, 1.54) is 27.1 Å². The summed E-state index contributed by atoms with van der Waals surface area (Å²) in [5, 5.41) is 5.01. The van der Waals surface area contributed by atoms with Crippen molar-refractivity contribution in [3.8, 4) is 0 Å². The molecule has 0 amide bonds. The topological polar surface area (TPSA) is 16.8 Å². The standard InChI is InChI=1S/C21H15N2/c1-23-19-13-7-6-12-18(19)22-20-16-10-4-2-8-14(16)15-9-3-5-11-17(15)21(20)23/h2-13H,1H3/q+1. The summed E-state index contributed by atoms with van der Waals surface area (Å²) in [6.07, 6.45) is 0. The largest absolute Gasteiger partial charge is 0.240 e. The van der Waals surface area contributed by atoms with Crippen LogP contribution in [0.25, 0.3) is 43.6 Å². The van der Waals surface area contributed by atoms with Gasteiger partial charge in [0, 0.05) is 11.5 Å². The first kappa shape index (κ1) is 12.5. The van der Waals surface area contributed by atoms with E-state index in [4.69, 9.17) is 4.98 Å². The molecule has 4 aromatic carbocycles. The van der Waals surface area contributed by atoms with E-state index in [0.717, 1.165) is 16.6 Å². The fourth-order valence-electron chi connectivity index (χ4n) is 3.64. The molecule has 0 radical (unpaired) electrons. The van der Waals surface area contributed by atoms with Gasteiger partial charge in [-0.2, -0.15) is 4.57 Å². The van der Waals surface area contributed by atoms with Crippen molar-refractivity contribution < 1.29 is 4.57 Å². The van der Waals surface area contributed by atoms with Crippen LogP contribution in [-0.4, -0.2) is 4.98 Å². The lowest BCUT2D eigenvalue weighted by molar-refractivity contribution is -0.617. The zero-order valence-electron chi connectivity index (χ0n) is 12.8. The lowest BCUT2D eigenvalue weighted by Gasteiger charge is -2.09. The number of rotatable bonds is 0. The fraction of sp³-hybridized carbons (Fsp3) is 0.0476. The van der Waals surface area contributed by atoms with E-state index in [1.807, 2.05) is 6.07 Å². The predicted molar refractivity (Wildman–Crippen MR) is 95.4 cm³/mol. The zero-order valence-corrected chi connectivity index (χ0v) is 12.8. The van der Waals surface area contributed by atoms with Crippen LogP contribution < -0.4 is 4.57 Å². The highest BCUT2D eigenvalue weighted by molar-refractivity contribution is 6.22. The Labute approximate surface area is 133 Å². The van der Waals surface area contributed by atoms with Gasteiger partial charge >= 0.3 is 0 Å². The van der Waals surface area contributed by atoms with E-state index < -0.39 is 0 Å². The Morgan fingerprint density at radius 3 is 2.00 bits per heavy atom. The Hall–Kier alpha value is -3.00. The average Bonchev–Trinajstić information content (AvgIpc) is 2.62. The lowest BCUT2D eigenvalue weighted by atomic mass is 9.99. The Morgan fingerprint density at radius 1 is 0.652 bits per heavy atom. The smallest absolute Gasteiger partial charge is 0.234 e. The van der Waals surface area contributed by atoms with E-state index in [2.05, 4.69) is 78.3 Å². The minimum atomic E-state index is 1.03. The van der Waals surface area contributed by atoms with E-state index in [9.17, 15) is 0 Å². The van der Waals surface area contributed by atoms with Gasteiger partial charge < -0.3 is 0 Å². The molecular weight excluding hydrogens is 280 g/mol.